The maximum absolute atomic E-state index is 12.1. The summed E-state index contributed by atoms with van der Waals surface area (Å²) < 4.78 is 0. The number of aromatic amines is 1. The zero-order valence-corrected chi connectivity index (χ0v) is 9.73. The number of fused-ring (bicyclic) bond motifs is 1. The van der Waals surface area contributed by atoms with Crippen LogP contribution in [-0.4, -0.2) is 21.9 Å². The summed E-state index contributed by atoms with van der Waals surface area (Å²) in [4.78, 5) is 19.3. The Morgan fingerprint density at radius 3 is 3.18 bits per heavy atom. The number of carbonyl (C=O) groups excluding carboxylic acids is 1. The maximum Gasteiger partial charge on any atom is 0.253 e. The van der Waals surface area contributed by atoms with Crippen LogP contribution in [0.1, 0.15) is 30.1 Å². The van der Waals surface area contributed by atoms with Gasteiger partial charge in [0.15, 0.2) is 0 Å². The molecule has 88 valence electrons. The lowest BCUT2D eigenvalue weighted by Crippen LogP contribution is -2.33. The van der Waals surface area contributed by atoms with Crippen LogP contribution >= 0.6 is 0 Å². The number of amides is 1. The Morgan fingerprint density at radius 2 is 2.41 bits per heavy atom. The highest BCUT2D eigenvalue weighted by molar-refractivity contribution is 6.05. The standard InChI is InChI=1S/C13H15N3O/c1-8(9-4-5-9)16-13(17)11-7-15-12-10(11)3-2-6-14-12/h2-3,6-9H,4-5H2,1H3,(H,14,15)(H,16,17). The number of nitrogens with one attached hydrogen (secondary N) is 2. The maximum atomic E-state index is 12.1. The number of H-pyrrole nitrogens is 1. The summed E-state index contributed by atoms with van der Waals surface area (Å²) >= 11 is 0. The van der Waals surface area contributed by atoms with Crippen LogP contribution < -0.4 is 5.32 Å². The molecule has 1 saturated carbocycles. The van der Waals surface area contributed by atoms with Gasteiger partial charge < -0.3 is 10.3 Å². The molecule has 1 unspecified atom stereocenters. The third kappa shape index (κ3) is 1.90. The fraction of sp³-hybridized carbons (Fsp3) is 0.385. The van der Waals surface area contributed by atoms with E-state index in [0.29, 0.717) is 11.5 Å². The molecule has 1 aliphatic carbocycles. The van der Waals surface area contributed by atoms with E-state index in [1.807, 2.05) is 12.1 Å². The molecule has 3 rings (SSSR count). The Labute approximate surface area is 99.4 Å². The van der Waals surface area contributed by atoms with Crippen LogP contribution in [0.5, 0.6) is 0 Å². The number of hydrogen-bond donors (Lipinski definition) is 2. The average molecular weight is 229 g/mol. The predicted molar refractivity (Wildman–Crippen MR) is 65.7 cm³/mol. The molecular formula is C13H15N3O. The van der Waals surface area contributed by atoms with Gasteiger partial charge in [0.1, 0.15) is 5.65 Å². The smallest absolute Gasteiger partial charge is 0.253 e. The summed E-state index contributed by atoms with van der Waals surface area (Å²) in [5.41, 5.74) is 1.44. The van der Waals surface area contributed by atoms with E-state index in [2.05, 4.69) is 22.2 Å². The van der Waals surface area contributed by atoms with Gasteiger partial charge in [-0.15, -0.1) is 0 Å². The van der Waals surface area contributed by atoms with Crippen molar-refractivity contribution in [3.05, 3.63) is 30.1 Å². The monoisotopic (exact) mass is 229 g/mol. The van der Waals surface area contributed by atoms with Crippen molar-refractivity contribution < 1.29 is 4.79 Å². The van der Waals surface area contributed by atoms with Crippen molar-refractivity contribution in [3.63, 3.8) is 0 Å². The molecule has 2 aromatic heterocycles. The molecule has 4 heteroatoms. The van der Waals surface area contributed by atoms with E-state index < -0.39 is 0 Å². The lowest BCUT2D eigenvalue weighted by atomic mass is 10.1. The number of nitrogens with zero attached hydrogens (tertiary/aromatic N) is 1. The molecule has 0 aromatic carbocycles. The topological polar surface area (TPSA) is 57.8 Å². The van der Waals surface area contributed by atoms with Gasteiger partial charge in [0.05, 0.1) is 5.56 Å². The van der Waals surface area contributed by atoms with Gasteiger partial charge in [-0.2, -0.15) is 0 Å². The first-order valence-corrected chi connectivity index (χ1v) is 5.98. The Morgan fingerprint density at radius 1 is 1.59 bits per heavy atom. The second kappa shape index (κ2) is 3.87. The highest BCUT2D eigenvalue weighted by atomic mass is 16.1. The van der Waals surface area contributed by atoms with E-state index >= 15 is 0 Å². The van der Waals surface area contributed by atoms with Crippen LogP contribution in [0.15, 0.2) is 24.5 Å². The van der Waals surface area contributed by atoms with E-state index in [-0.39, 0.29) is 11.9 Å². The Bertz CT molecular complexity index is 557. The molecule has 0 spiro atoms. The van der Waals surface area contributed by atoms with Gasteiger partial charge in [0.25, 0.3) is 5.91 Å². The molecule has 2 aromatic rings. The van der Waals surface area contributed by atoms with Crippen LogP contribution in [0.3, 0.4) is 0 Å². The summed E-state index contributed by atoms with van der Waals surface area (Å²) in [5, 5.41) is 3.93. The third-order valence-electron chi connectivity index (χ3n) is 3.38. The Hall–Kier alpha value is -1.84. The number of aromatic nitrogens is 2. The first-order valence-electron chi connectivity index (χ1n) is 5.98. The molecule has 0 aliphatic heterocycles. The highest BCUT2D eigenvalue weighted by Crippen LogP contribution is 2.32. The van der Waals surface area contributed by atoms with Gasteiger partial charge in [0.2, 0.25) is 0 Å². The van der Waals surface area contributed by atoms with Crippen LogP contribution in [0.4, 0.5) is 0 Å². The van der Waals surface area contributed by atoms with Gasteiger partial charge in [-0.3, -0.25) is 4.79 Å². The van der Waals surface area contributed by atoms with E-state index in [4.69, 9.17) is 0 Å². The molecule has 0 radical (unpaired) electrons. The SMILES string of the molecule is CC(NC(=O)c1c[nH]c2ncccc12)C1CC1. The van der Waals surface area contributed by atoms with E-state index in [0.717, 1.165) is 11.0 Å². The first-order chi connectivity index (χ1) is 8.25. The Balaban J connectivity index is 1.85. The zero-order chi connectivity index (χ0) is 11.8. The van der Waals surface area contributed by atoms with E-state index in [9.17, 15) is 4.79 Å². The van der Waals surface area contributed by atoms with Crippen molar-refractivity contribution in [3.8, 4) is 0 Å². The van der Waals surface area contributed by atoms with Crippen LogP contribution in [-0.2, 0) is 0 Å². The van der Waals surface area contributed by atoms with Crippen LogP contribution in [0.25, 0.3) is 11.0 Å². The summed E-state index contributed by atoms with van der Waals surface area (Å²) in [6.07, 6.45) is 5.91. The Kier molecular flexibility index (Phi) is 2.35. The molecule has 4 nitrogen and oxygen atoms in total. The lowest BCUT2D eigenvalue weighted by molar-refractivity contribution is 0.0937. The molecule has 1 aliphatic rings. The molecular weight excluding hydrogens is 214 g/mol. The van der Waals surface area contributed by atoms with E-state index in [1.54, 1.807) is 12.4 Å². The van der Waals surface area contributed by atoms with Crippen molar-refractivity contribution in [2.24, 2.45) is 5.92 Å². The lowest BCUT2D eigenvalue weighted by Gasteiger charge is -2.11. The summed E-state index contributed by atoms with van der Waals surface area (Å²) in [5.74, 6) is 0.658. The number of pyridine rings is 1. The second-order valence-electron chi connectivity index (χ2n) is 4.70. The van der Waals surface area contributed by atoms with Crippen LogP contribution in [0.2, 0.25) is 0 Å². The molecule has 1 amide bonds. The normalized spacial score (nSPS) is 17.0. The van der Waals surface area contributed by atoms with Crippen molar-refractivity contribution >= 4 is 16.9 Å². The molecule has 0 saturated heterocycles. The quantitative estimate of drug-likeness (QED) is 0.846. The van der Waals surface area contributed by atoms with Crippen molar-refractivity contribution in [2.45, 2.75) is 25.8 Å². The molecule has 2 heterocycles. The largest absolute Gasteiger partial charge is 0.349 e. The molecule has 1 fully saturated rings. The van der Waals surface area contributed by atoms with Gasteiger partial charge in [-0.05, 0) is 37.8 Å². The second-order valence-corrected chi connectivity index (χ2v) is 4.70. The molecule has 17 heavy (non-hydrogen) atoms. The minimum atomic E-state index is -0.0105. The van der Waals surface area contributed by atoms with Gasteiger partial charge in [0, 0.05) is 23.8 Å². The zero-order valence-electron chi connectivity index (χ0n) is 9.73. The third-order valence-corrected chi connectivity index (χ3v) is 3.38. The molecule has 1 atom stereocenters. The van der Waals surface area contributed by atoms with Gasteiger partial charge in [-0.25, -0.2) is 4.98 Å². The van der Waals surface area contributed by atoms with Crippen molar-refractivity contribution in [1.29, 1.82) is 0 Å². The fourth-order valence-electron chi connectivity index (χ4n) is 2.14. The van der Waals surface area contributed by atoms with Gasteiger partial charge >= 0.3 is 0 Å². The first kappa shape index (κ1) is 10.3. The summed E-state index contributed by atoms with van der Waals surface area (Å²) in [7, 11) is 0. The summed E-state index contributed by atoms with van der Waals surface area (Å²) in [6.45, 7) is 2.07. The predicted octanol–water partition coefficient (Wildman–Crippen LogP) is 2.09. The van der Waals surface area contributed by atoms with Crippen molar-refractivity contribution in [1.82, 2.24) is 15.3 Å². The minimum Gasteiger partial charge on any atom is -0.349 e. The minimum absolute atomic E-state index is 0.0105. The van der Waals surface area contributed by atoms with E-state index in [1.165, 1.54) is 12.8 Å². The average Bonchev–Trinajstić information content (AvgIpc) is 3.09. The molecule has 2 N–H and O–H groups in total. The fourth-order valence-corrected chi connectivity index (χ4v) is 2.14. The number of rotatable bonds is 3. The number of carbonyl (C=O) groups is 1. The number of hydrogen-bond acceptors (Lipinski definition) is 2. The van der Waals surface area contributed by atoms with Gasteiger partial charge in [-0.1, -0.05) is 0 Å². The highest BCUT2D eigenvalue weighted by Gasteiger charge is 2.29. The molecule has 0 bridgehead atoms. The summed E-state index contributed by atoms with van der Waals surface area (Å²) in [6, 6.07) is 4.02. The van der Waals surface area contributed by atoms with Crippen molar-refractivity contribution in [2.75, 3.05) is 0 Å². The van der Waals surface area contributed by atoms with Crippen LogP contribution in [0, 0.1) is 5.92 Å².